The average molecular weight is 311 g/mol. The Bertz CT molecular complexity index is 517. The molecule has 1 N–H and O–H groups in total. The van der Waals surface area contributed by atoms with Gasteiger partial charge in [-0.05, 0) is 49.1 Å². The maximum Gasteiger partial charge on any atom is 0.289 e. The molecule has 0 unspecified atom stereocenters. The topological polar surface area (TPSA) is 55.2 Å². The number of anilines is 1. The van der Waals surface area contributed by atoms with Crippen LogP contribution in [0.5, 0.6) is 0 Å². The SMILES string of the molecule is CC(C)(C)C1CCC(Nc2ccc(Cl)c([N+](=O)[O-])c2)CC1. The molecule has 1 saturated carbocycles. The highest BCUT2D eigenvalue weighted by molar-refractivity contribution is 6.32. The molecule has 1 aromatic rings. The van der Waals surface area contributed by atoms with E-state index in [2.05, 4.69) is 26.1 Å². The Labute approximate surface area is 131 Å². The Morgan fingerprint density at radius 3 is 2.38 bits per heavy atom. The van der Waals surface area contributed by atoms with Crippen molar-refractivity contribution < 1.29 is 4.92 Å². The largest absolute Gasteiger partial charge is 0.382 e. The molecule has 0 atom stereocenters. The van der Waals surface area contributed by atoms with Gasteiger partial charge in [0, 0.05) is 17.8 Å². The van der Waals surface area contributed by atoms with E-state index >= 15 is 0 Å². The van der Waals surface area contributed by atoms with Gasteiger partial charge in [-0.25, -0.2) is 0 Å². The summed E-state index contributed by atoms with van der Waals surface area (Å²) in [6, 6.07) is 5.32. The first kappa shape index (κ1) is 16.1. The molecule has 116 valence electrons. The molecule has 1 aliphatic rings. The zero-order valence-corrected chi connectivity index (χ0v) is 13.6. The minimum atomic E-state index is -0.440. The average Bonchev–Trinajstić information content (AvgIpc) is 2.40. The second kappa shape index (κ2) is 6.22. The second-order valence-corrected chi connectivity index (χ2v) is 7.39. The summed E-state index contributed by atoms with van der Waals surface area (Å²) < 4.78 is 0. The summed E-state index contributed by atoms with van der Waals surface area (Å²) in [4.78, 5) is 10.5. The number of hydrogen-bond donors (Lipinski definition) is 1. The van der Waals surface area contributed by atoms with E-state index in [9.17, 15) is 10.1 Å². The molecule has 0 heterocycles. The van der Waals surface area contributed by atoms with Gasteiger partial charge in [0.1, 0.15) is 5.02 Å². The molecule has 0 aliphatic heterocycles. The maximum atomic E-state index is 10.9. The molecule has 2 rings (SSSR count). The molecule has 1 fully saturated rings. The summed E-state index contributed by atoms with van der Waals surface area (Å²) in [6.45, 7) is 6.90. The monoisotopic (exact) mass is 310 g/mol. The highest BCUT2D eigenvalue weighted by Gasteiger charge is 2.29. The number of nitro groups is 1. The van der Waals surface area contributed by atoms with Crippen LogP contribution in [0.25, 0.3) is 0 Å². The summed E-state index contributed by atoms with van der Waals surface area (Å²) in [5.74, 6) is 0.759. The van der Waals surface area contributed by atoms with Gasteiger partial charge in [-0.2, -0.15) is 0 Å². The molecule has 4 nitrogen and oxygen atoms in total. The lowest BCUT2D eigenvalue weighted by atomic mass is 9.71. The number of hydrogen-bond acceptors (Lipinski definition) is 3. The minimum absolute atomic E-state index is 0.0370. The number of benzene rings is 1. The Hall–Kier alpha value is -1.29. The summed E-state index contributed by atoms with van der Waals surface area (Å²) in [5.41, 5.74) is 1.11. The van der Waals surface area contributed by atoms with Crippen molar-refractivity contribution in [3.8, 4) is 0 Å². The van der Waals surface area contributed by atoms with Crippen molar-refractivity contribution in [2.24, 2.45) is 11.3 Å². The summed E-state index contributed by atoms with van der Waals surface area (Å²) in [7, 11) is 0. The Morgan fingerprint density at radius 1 is 1.24 bits per heavy atom. The summed E-state index contributed by atoms with van der Waals surface area (Å²) in [6.07, 6.45) is 4.63. The van der Waals surface area contributed by atoms with Gasteiger partial charge >= 0.3 is 0 Å². The molecule has 0 saturated heterocycles. The van der Waals surface area contributed by atoms with Gasteiger partial charge in [0.15, 0.2) is 0 Å². The van der Waals surface area contributed by atoms with Crippen LogP contribution >= 0.6 is 11.6 Å². The first-order valence-electron chi connectivity index (χ1n) is 7.48. The molecule has 21 heavy (non-hydrogen) atoms. The van der Waals surface area contributed by atoms with Gasteiger partial charge in [0.25, 0.3) is 5.69 Å². The van der Waals surface area contributed by atoms with Crippen molar-refractivity contribution in [1.82, 2.24) is 0 Å². The van der Waals surface area contributed by atoms with E-state index in [-0.39, 0.29) is 10.7 Å². The van der Waals surface area contributed by atoms with Gasteiger partial charge in [-0.3, -0.25) is 10.1 Å². The van der Waals surface area contributed by atoms with Crippen LogP contribution in [-0.2, 0) is 0 Å². The van der Waals surface area contributed by atoms with E-state index in [1.54, 1.807) is 6.07 Å². The maximum absolute atomic E-state index is 10.9. The van der Waals surface area contributed by atoms with Crippen molar-refractivity contribution in [1.29, 1.82) is 0 Å². The lowest BCUT2D eigenvalue weighted by Crippen LogP contribution is -2.31. The van der Waals surface area contributed by atoms with Gasteiger partial charge in [-0.15, -0.1) is 0 Å². The van der Waals surface area contributed by atoms with Gasteiger partial charge in [0.2, 0.25) is 0 Å². The highest BCUT2D eigenvalue weighted by atomic mass is 35.5. The molecule has 1 aromatic carbocycles. The molecule has 0 amide bonds. The molecular weight excluding hydrogens is 288 g/mol. The molecule has 5 heteroatoms. The van der Waals surface area contributed by atoms with Crippen LogP contribution in [-0.4, -0.2) is 11.0 Å². The molecule has 1 aliphatic carbocycles. The van der Waals surface area contributed by atoms with Crippen LogP contribution in [0.2, 0.25) is 5.02 Å². The van der Waals surface area contributed by atoms with Crippen LogP contribution in [0, 0.1) is 21.4 Å². The second-order valence-electron chi connectivity index (χ2n) is 6.98. The first-order chi connectivity index (χ1) is 9.77. The minimum Gasteiger partial charge on any atom is -0.382 e. The van der Waals surface area contributed by atoms with Crippen LogP contribution in [0.3, 0.4) is 0 Å². The fraction of sp³-hybridized carbons (Fsp3) is 0.625. The lowest BCUT2D eigenvalue weighted by molar-refractivity contribution is -0.384. The van der Waals surface area contributed by atoms with E-state index in [1.807, 2.05) is 6.07 Å². The molecular formula is C16H23ClN2O2. The van der Waals surface area contributed by atoms with E-state index in [0.29, 0.717) is 11.5 Å². The van der Waals surface area contributed by atoms with Crippen LogP contribution in [0.1, 0.15) is 46.5 Å². The van der Waals surface area contributed by atoms with Gasteiger partial charge in [0.05, 0.1) is 4.92 Å². The zero-order chi connectivity index (χ0) is 15.6. The Morgan fingerprint density at radius 2 is 1.86 bits per heavy atom. The summed E-state index contributed by atoms with van der Waals surface area (Å²) >= 11 is 5.83. The third-order valence-corrected chi connectivity index (χ3v) is 4.79. The number of nitro benzene ring substituents is 1. The standard InChI is InChI=1S/C16H23ClN2O2/c1-16(2,3)11-4-6-12(7-5-11)18-13-8-9-14(17)15(10-13)19(20)21/h8-12,18H,4-7H2,1-3H3. The lowest BCUT2D eigenvalue weighted by Gasteiger charge is -2.37. The summed E-state index contributed by atoms with van der Waals surface area (Å²) in [5, 5.41) is 14.5. The van der Waals surface area contributed by atoms with Gasteiger partial charge in [-0.1, -0.05) is 32.4 Å². The van der Waals surface area contributed by atoms with Crippen LogP contribution < -0.4 is 5.32 Å². The Balaban J connectivity index is 1.98. The van der Waals surface area contributed by atoms with Gasteiger partial charge < -0.3 is 5.32 Å². The number of nitrogens with zero attached hydrogens (tertiary/aromatic N) is 1. The normalized spacial score (nSPS) is 22.9. The van der Waals surface area contributed by atoms with Crippen molar-refractivity contribution in [2.75, 3.05) is 5.32 Å². The predicted octanol–water partition coefficient (Wildman–Crippen LogP) is 5.27. The highest BCUT2D eigenvalue weighted by Crippen LogP contribution is 2.38. The predicted molar refractivity (Wildman–Crippen MR) is 86.9 cm³/mol. The van der Waals surface area contributed by atoms with Crippen LogP contribution in [0.4, 0.5) is 11.4 Å². The molecule has 0 bridgehead atoms. The number of halogens is 1. The third kappa shape index (κ3) is 4.10. The Kier molecular flexibility index (Phi) is 4.77. The fourth-order valence-corrected chi connectivity index (χ4v) is 3.27. The number of nitrogens with one attached hydrogen (secondary N) is 1. The van der Waals surface area contributed by atoms with Crippen molar-refractivity contribution in [2.45, 2.75) is 52.5 Å². The first-order valence-corrected chi connectivity index (χ1v) is 7.85. The quantitative estimate of drug-likeness (QED) is 0.611. The van der Waals surface area contributed by atoms with E-state index in [1.165, 1.54) is 18.9 Å². The zero-order valence-electron chi connectivity index (χ0n) is 12.9. The third-order valence-electron chi connectivity index (χ3n) is 4.47. The smallest absolute Gasteiger partial charge is 0.289 e. The molecule has 0 aromatic heterocycles. The molecule has 0 radical (unpaired) electrons. The van der Waals surface area contributed by atoms with Crippen LogP contribution in [0.15, 0.2) is 18.2 Å². The van der Waals surface area contributed by atoms with E-state index in [0.717, 1.165) is 24.4 Å². The van der Waals surface area contributed by atoms with E-state index in [4.69, 9.17) is 11.6 Å². The number of rotatable bonds is 3. The van der Waals surface area contributed by atoms with Crippen molar-refractivity contribution >= 4 is 23.0 Å². The van der Waals surface area contributed by atoms with Crippen molar-refractivity contribution in [3.05, 3.63) is 33.3 Å². The van der Waals surface area contributed by atoms with E-state index < -0.39 is 4.92 Å². The molecule has 0 spiro atoms. The van der Waals surface area contributed by atoms with Crippen molar-refractivity contribution in [3.63, 3.8) is 0 Å². The fourth-order valence-electron chi connectivity index (χ4n) is 3.08.